The number of pyridine rings is 1. The summed E-state index contributed by atoms with van der Waals surface area (Å²) in [4.78, 5) is 31.4. The number of benzene rings is 1. The van der Waals surface area contributed by atoms with E-state index in [0.29, 0.717) is 24.7 Å². The first-order valence-electron chi connectivity index (χ1n) is 8.44. The van der Waals surface area contributed by atoms with Gasteiger partial charge < -0.3 is 10.2 Å². The van der Waals surface area contributed by atoms with Gasteiger partial charge in [0, 0.05) is 54.1 Å². The molecule has 1 saturated heterocycles. The van der Waals surface area contributed by atoms with Crippen molar-refractivity contribution in [2.24, 2.45) is 5.92 Å². The molecule has 2 heterocycles. The molecule has 26 heavy (non-hydrogen) atoms. The van der Waals surface area contributed by atoms with E-state index in [1.807, 2.05) is 36.4 Å². The minimum Gasteiger partial charge on any atom is -0.355 e. The SMILES string of the molecule is O=C(NCCSc1ccc(Cl)cc1)C1CC(=O)N(Cc2cccnc2)C1. The van der Waals surface area contributed by atoms with Crippen molar-refractivity contribution in [1.29, 1.82) is 0 Å². The number of halogens is 1. The van der Waals surface area contributed by atoms with E-state index in [9.17, 15) is 9.59 Å². The summed E-state index contributed by atoms with van der Waals surface area (Å²) in [5.41, 5.74) is 0.973. The number of hydrogen-bond donors (Lipinski definition) is 1. The van der Waals surface area contributed by atoms with Gasteiger partial charge in [0.1, 0.15) is 0 Å². The molecule has 1 fully saturated rings. The largest absolute Gasteiger partial charge is 0.355 e. The van der Waals surface area contributed by atoms with Gasteiger partial charge in [0.15, 0.2) is 0 Å². The fraction of sp³-hybridized carbons (Fsp3) is 0.316. The van der Waals surface area contributed by atoms with Crippen molar-refractivity contribution < 1.29 is 9.59 Å². The first-order valence-corrected chi connectivity index (χ1v) is 9.81. The minimum absolute atomic E-state index is 0.0181. The van der Waals surface area contributed by atoms with Gasteiger partial charge in [-0.2, -0.15) is 0 Å². The van der Waals surface area contributed by atoms with Crippen LogP contribution >= 0.6 is 23.4 Å². The fourth-order valence-electron chi connectivity index (χ4n) is 2.83. The molecule has 1 atom stereocenters. The Morgan fingerprint density at radius 2 is 2.12 bits per heavy atom. The summed E-state index contributed by atoms with van der Waals surface area (Å²) in [5.74, 6) is 0.459. The molecule has 1 aromatic heterocycles. The van der Waals surface area contributed by atoms with Crippen LogP contribution in [0.5, 0.6) is 0 Å². The Morgan fingerprint density at radius 3 is 2.85 bits per heavy atom. The lowest BCUT2D eigenvalue weighted by atomic mass is 10.1. The van der Waals surface area contributed by atoms with Crippen LogP contribution in [0.2, 0.25) is 5.02 Å². The Balaban J connectivity index is 1.41. The second-order valence-corrected chi connectivity index (χ2v) is 7.73. The zero-order valence-electron chi connectivity index (χ0n) is 14.2. The number of carbonyl (C=O) groups excluding carboxylic acids is 2. The molecule has 0 spiro atoms. The van der Waals surface area contributed by atoms with Gasteiger partial charge in [0.05, 0.1) is 5.92 Å². The maximum absolute atomic E-state index is 12.3. The van der Waals surface area contributed by atoms with E-state index < -0.39 is 0 Å². The van der Waals surface area contributed by atoms with Crippen LogP contribution in [-0.2, 0) is 16.1 Å². The lowest BCUT2D eigenvalue weighted by Crippen LogP contribution is -2.34. The van der Waals surface area contributed by atoms with E-state index in [-0.39, 0.29) is 24.2 Å². The Kier molecular flexibility index (Phi) is 6.52. The summed E-state index contributed by atoms with van der Waals surface area (Å²) >= 11 is 7.52. The average molecular weight is 390 g/mol. The van der Waals surface area contributed by atoms with Crippen molar-refractivity contribution >= 4 is 35.2 Å². The molecule has 1 aromatic carbocycles. The van der Waals surface area contributed by atoms with Crippen molar-refractivity contribution in [1.82, 2.24) is 15.2 Å². The highest BCUT2D eigenvalue weighted by molar-refractivity contribution is 7.99. The summed E-state index contributed by atoms with van der Waals surface area (Å²) in [6.07, 6.45) is 3.72. The van der Waals surface area contributed by atoms with Gasteiger partial charge in [-0.05, 0) is 35.9 Å². The Hall–Kier alpha value is -2.05. The monoisotopic (exact) mass is 389 g/mol. The molecule has 1 unspecified atom stereocenters. The highest BCUT2D eigenvalue weighted by atomic mass is 35.5. The van der Waals surface area contributed by atoms with Gasteiger partial charge >= 0.3 is 0 Å². The number of rotatable bonds is 7. The molecule has 0 bridgehead atoms. The molecular weight excluding hydrogens is 370 g/mol. The third-order valence-electron chi connectivity index (χ3n) is 4.17. The van der Waals surface area contributed by atoms with Crippen molar-refractivity contribution in [2.75, 3.05) is 18.8 Å². The van der Waals surface area contributed by atoms with E-state index in [4.69, 9.17) is 11.6 Å². The second-order valence-electron chi connectivity index (χ2n) is 6.13. The molecule has 2 amide bonds. The number of aromatic nitrogens is 1. The number of thioether (sulfide) groups is 1. The summed E-state index contributed by atoms with van der Waals surface area (Å²) in [6.45, 7) is 1.53. The van der Waals surface area contributed by atoms with Crippen molar-refractivity contribution in [3.05, 3.63) is 59.4 Å². The van der Waals surface area contributed by atoms with Crippen molar-refractivity contribution in [3.63, 3.8) is 0 Å². The molecule has 0 radical (unpaired) electrons. The zero-order chi connectivity index (χ0) is 18.4. The molecule has 3 rings (SSSR count). The first-order chi connectivity index (χ1) is 12.6. The minimum atomic E-state index is -0.278. The van der Waals surface area contributed by atoms with Gasteiger partial charge in [0.2, 0.25) is 11.8 Å². The Labute approximate surface area is 162 Å². The van der Waals surface area contributed by atoms with Gasteiger partial charge in [0.25, 0.3) is 0 Å². The van der Waals surface area contributed by atoms with Crippen molar-refractivity contribution in [3.8, 4) is 0 Å². The molecular formula is C19H20ClN3O2S. The van der Waals surface area contributed by atoms with Crippen LogP contribution in [0.4, 0.5) is 0 Å². The van der Waals surface area contributed by atoms with Crippen LogP contribution in [-0.4, -0.2) is 40.5 Å². The van der Waals surface area contributed by atoms with Gasteiger partial charge in [-0.15, -0.1) is 11.8 Å². The Morgan fingerprint density at radius 1 is 1.31 bits per heavy atom. The van der Waals surface area contributed by atoms with Crippen LogP contribution in [0, 0.1) is 5.92 Å². The van der Waals surface area contributed by atoms with E-state index in [1.54, 1.807) is 29.1 Å². The predicted molar refractivity (Wildman–Crippen MR) is 103 cm³/mol. The van der Waals surface area contributed by atoms with E-state index >= 15 is 0 Å². The molecule has 5 nitrogen and oxygen atoms in total. The normalized spacial score (nSPS) is 16.7. The van der Waals surface area contributed by atoms with Crippen LogP contribution in [0.1, 0.15) is 12.0 Å². The topological polar surface area (TPSA) is 62.3 Å². The van der Waals surface area contributed by atoms with Gasteiger partial charge in [-0.25, -0.2) is 0 Å². The molecule has 1 aliphatic rings. The van der Waals surface area contributed by atoms with Crippen LogP contribution in [0.15, 0.2) is 53.7 Å². The van der Waals surface area contributed by atoms with Crippen molar-refractivity contribution in [2.45, 2.75) is 17.9 Å². The second kappa shape index (κ2) is 9.05. The van der Waals surface area contributed by atoms with E-state index in [0.717, 1.165) is 16.2 Å². The summed E-state index contributed by atoms with van der Waals surface area (Å²) in [5, 5.41) is 3.65. The molecule has 7 heteroatoms. The molecule has 1 N–H and O–H groups in total. The number of nitrogens with one attached hydrogen (secondary N) is 1. The quantitative estimate of drug-likeness (QED) is 0.584. The summed E-state index contributed by atoms with van der Waals surface area (Å²) < 4.78 is 0. The maximum Gasteiger partial charge on any atom is 0.225 e. The van der Waals surface area contributed by atoms with Gasteiger partial charge in [-0.1, -0.05) is 17.7 Å². The van der Waals surface area contributed by atoms with E-state index in [2.05, 4.69) is 10.3 Å². The molecule has 1 aliphatic heterocycles. The highest BCUT2D eigenvalue weighted by Gasteiger charge is 2.33. The average Bonchev–Trinajstić information content (AvgIpc) is 3.01. The summed E-state index contributed by atoms with van der Waals surface area (Å²) in [7, 11) is 0. The number of carbonyl (C=O) groups is 2. The third kappa shape index (κ3) is 5.22. The van der Waals surface area contributed by atoms with Crippen LogP contribution in [0.25, 0.3) is 0 Å². The number of amides is 2. The number of likely N-dealkylation sites (tertiary alicyclic amines) is 1. The molecule has 2 aromatic rings. The third-order valence-corrected chi connectivity index (χ3v) is 5.43. The summed E-state index contributed by atoms with van der Waals surface area (Å²) in [6, 6.07) is 11.4. The predicted octanol–water partition coefficient (Wildman–Crippen LogP) is 2.99. The molecule has 0 saturated carbocycles. The molecule has 136 valence electrons. The zero-order valence-corrected chi connectivity index (χ0v) is 15.8. The lowest BCUT2D eigenvalue weighted by Gasteiger charge is -2.16. The van der Waals surface area contributed by atoms with Gasteiger partial charge in [-0.3, -0.25) is 14.6 Å². The Bertz CT molecular complexity index is 755. The van der Waals surface area contributed by atoms with Crippen LogP contribution in [0.3, 0.4) is 0 Å². The first kappa shape index (κ1) is 18.7. The smallest absolute Gasteiger partial charge is 0.225 e. The van der Waals surface area contributed by atoms with E-state index in [1.165, 1.54) is 0 Å². The van der Waals surface area contributed by atoms with Crippen LogP contribution < -0.4 is 5.32 Å². The number of hydrogen-bond acceptors (Lipinski definition) is 4. The fourth-order valence-corrected chi connectivity index (χ4v) is 3.73. The maximum atomic E-state index is 12.3. The number of nitrogens with zero attached hydrogens (tertiary/aromatic N) is 2. The lowest BCUT2D eigenvalue weighted by molar-refractivity contribution is -0.129. The standard InChI is InChI=1S/C19H20ClN3O2S/c20-16-3-5-17(6-4-16)26-9-8-22-19(25)15-10-18(24)23(13-15)12-14-2-1-7-21-11-14/h1-7,11,15H,8-10,12-13H2,(H,22,25). The highest BCUT2D eigenvalue weighted by Crippen LogP contribution is 2.21. The molecule has 0 aliphatic carbocycles.